The van der Waals surface area contributed by atoms with Gasteiger partial charge in [0.1, 0.15) is 5.82 Å². The van der Waals surface area contributed by atoms with Gasteiger partial charge in [-0.25, -0.2) is 4.39 Å². The van der Waals surface area contributed by atoms with Crippen molar-refractivity contribution in [3.8, 4) is 0 Å². The van der Waals surface area contributed by atoms with Crippen LogP contribution in [-0.2, 0) is 19.9 Å². The van der Waals surface area contributed by atoms with Gasteiger partial charge in [-0.3, -0.25) is 9.48 Å². The standard InChI is InChI=1S/C15H17FN2O/c1-4-13-8-14(18(3)17-13)9-15(19)11-5-10(2)6-12(16)7-11/h5-8H,4,9H2,1-3H3. The van der Waals surface area contributed by atoms with E-state index in [0.717, 1.165) is 23.4 Å². The first-order valence-electron chi connectivity index (χ1n) is 6.31. The molecule has 4 heteroatoms. The van der Waals surface area contributed by atoms with Gasteiger partial charge in [-0.05, 0) is 43.2 Å². The van der Waals surface area contributed by atoms with Gasteiger partial charge < -0.3 is 0 Å². The van der Waals surface area contributed by atoms with E-state index >= 15 is 0 Å². The highest BCUT2D eigenvalue weighted by Crippen LogP contribution is 2.13. The van der Waals surface area contributed by atoms with Crippen LogP contribution in [0, 0.1) is 12.7 Å². The van der Waals surface area contributed by atoms with Gasteiger partial charge in [0.2, 0.25) is 0 Å². The Morgan fingerprint density at radius 3 is 2.63 bits per heavy atom. The van der Waals surface area contributed by atoms with E-state index in [1.807, 2.05) is 20.0 Å². The molecule has 0 amide bonds. The molecule has 2 rings (SSSR count). The number of benzene rings is 1. The Bertz CT molecular complexity index is 596. The lowest BCUT2D eigenvalue weighted by Crippen LogP contribution is -2.08. The van der Waals surface area contributed by atoms with Gasteiger partial charge in [0, 0.05) is 18.3 Å². The number of nitrogens with zero attached hydrogens (tertiary/aromatic N) is 2. The van der Waals surface area contributed by atoms with Gasteiger partial charge in [-0.2, -0.15) is 5.10 Å². The summed E-state index contributed by atoms with van der Waals surface area (Å²) < 4.78 is 15.0. The monoisotopic (exact) mass is 260 g/mol. The summed E-state index contributed by atoms with van der Waals surface area (Å²) in [6.45, 7) is 3.79. The second-order valence-electron chi connectivity index (χ2n) is 4.72. The fourth-order valence-corrected chi connectivity index (χ4v) is 2.07. The van der Waals surface area contributed by atoms with Crippen LogP contribution in [0.2, 0.25) is 0 Å². The van der Waals surface area contributed by atoms with Crippen LogP contribution < -0.4 is 0 Å². The van der Waals surface area contributed by atoms with E-state index in [0.29, 0.717) is 5.56 Å². The molecular formula is C15H17FN2O. The minimum atomic E-state index is -0.373. The molecule has 19 heavy (non-hydrogen) atoms. The van der Waals surface area contributed by atoms with E-state index in [1.165, 1.54) is 12.1 Å². The van der Waals surface area contributed by atoms with Gasteiger partial charge in [0.15, 0.2) is 5.78 Å². The number of aromatic nitrogens is 2. The summed E-state index contributed by atoms with van der Waals surface area (Å²) in [6.07, 6.45) is 1.08. The predicted molar refractivity (Wildman–Crippen MR) is 71.8 cm³/mol. The Kier molecular flexibility index (Phi) is 3.79. The Morgan fingerprint density at radius 1 is 1.32 bits per heavy atom. The number of rotatable bonds is 4. The number of hydrogen-bond donors (Lipinski definition) is 0. The summed E-state index contributed by atoms with van der Waals surface area (Å²) in [5.41, 5.74) is 2.98. The van der Waals surface area contributed by atoms with Crippen molar-refractivity contribution in [1.29, 1.82) is 0 Å². The van der Waals surface area contributed by atoms with Crippen molar-refractivity contribution in [3.05, 3.63) is 52.6 Å². The summed E-state index contributed by atoms with van der Waals surface area (Å²) in [7, 11) is 1.82. The molecular weight excluding hydrogens is 243 g/mol. The molecule has 0 aliphatic heterocycles. The van der Waals surface area contributed by atoms with Crippen molar-refractivity contribution in [3.63, 3.8) is 0 Å². The highest BCUT2D eigenvalue weighted by Gasteiger charge is 2.12. The topological polar surface area (TPSA) is 34.9 Å². The number of ketones is 1. The molecule has 0 N–H and O–H groups in total. The third kappa shape index (κ3) is 3.08. The van der Waals surface area contributed by atoms with Crippen LogP contribution >= 0.6 is 0 Å². The molecule has 0 fully saturated rings. The Hall–Kier alpha value is -1.97. The van der Waals surface area contributed by atoms with Crippen LogP contribution in [0.25, 0.3) is 0 Å². The number of carbonyl (C=O) groups excluding carboxylic acids is 1. The molecule has 0 atom stereocenters. The zero-order valence-electron chi connectivity index (χ0n) is 11.4. The van der Waals surface area contributed by atoms with Gasteiger partial charge in [-0.15, -0.1) is 0 Å². The summed E-state index contributed by atoms with van der Waals surface area (Å²) in [5.74, 6) is -0.462. The molecule has 3 nitrogen and oxygen atoms in total. The maximum Gasteiger partial charge on any atom is 0.168 e. The zero-order valence-corrected chi connectivity index (χ0v) is 11.4. The number of aryl methyl sites for hydroxylation is 3. The lowest BCUT2D eigenvalue weighted by atomic mass is 10.0. The van der Waals surface area contributed by atoms with Crippen LogP contribution in [0.4, 0.5) is 4.39 Å². The molecule has 0 radical (unpaired) electrons. The second-order valence-corrected chi connectivity index (χ2v) is 4.72. The number of carbonyl (C=O) groups is 1. The quantitative estimate of drug-likeness (QED) is 0.792. The molecule has 1 aromatic heterocycles. The van der Waals surface area contributed by atoms with Crippen LogP contribution in [0.15, 0.2) is 24.3 Å². The van der Waals surface area contributed by atoms with E-state index < -0.39 is 0 Å². The lowest BCUT2D eigenvalue weighted by molar-refractivity contribution is 0.0990. The molecule has 1 heterocycles. The number of hydrogen-bond acceptors (Lipinski definition) is 2. The van der Waals surface area contributed by atoms with E-state index in [1.54, 1.807) is 17.7 Å². The lowest BCUT2D eigenvalue weighted by Gasteiger charge is -2.03. The Balaban J connectivity index is 2.22. The normalized spacial score (nSPS) is 10.7. The maximum absolute atomic E-state index is 13.3. The molecule has 2 aromatic rings. The molecule has 0 spiro atoms. The third-order valence-corrected chi connectivity index (χ3v) is 3.10. The Morgan fingerprint density at radius 2 is 2.05 bits per heavy atom. The molecule has 0 bridgehead atoms. The summed E-state index contributed by atoms with van der Waals surface area (Å²) in [5, 5.41) is 4.30. The van der Waals surface area contributed by atoms with Gasteiger partial charge in [0.25, 0.3) is 0 Å². The van der Waals surface area contributed by atoms with Crippen LogP contribution in [0.3, 0.4) is 0 Å². The Labute approximate surface area is 112 Å². The molecule has 0 aliphatic carbocycles. The highest BCUT2D eigenvalue weighted by atomic mass is 19.1. The van der Waals surface area contributed by atoms with Gasteiger partial charge in [-0.1, -0.05) is 6.92 Å². The molecule has 0 saturated heterocycles. The average molecular weight is 260 g/mol. The smallest absolute Gasteiger partial charge is 0.168 e. The molecule has 0 saturated carbocycles. The zero-order chi connectivity index (χ0) is 14.0. The average Bonchev–Trinajstić information content (AvgIpc) is 2.69. The second kappa shape index (κ2) is 5.34. The summed E-state index contributed by atoms with van der Waals surface area (Å²) >= 11 is 0. The minimum Gasteiger partial charge on any atom is -0.294 e. The van der Waals surface area contributed by atoms with E-state index in [2.05, 4.69) is 5.10 Å². The predicted octanol–water partition coefficient (Wildman–Crippen LogP) is 2.86. The van der Waals surface area contributed by atoms with Crippen molar-refractivity contribution in [2.24, 2.45) is 7.05 Å². The molecule has 1 aromatic carbocycles. The summed E-state index contributed by atoms with van der Waals surface area (Å²) in [4.78, 5) is 12.2. The fraction of sp³-hybridized carbons (Fsp3) is 0.333. The van der Waals surface area contributed by atoms with Crippen molar-refractivity contribution >= 4 is 5.78 Å². The van der Waals surface area contributed by atoms with Gasteiger partial charge >= 0.3 is 0 Å². The minimum absolute atomic E-state index is 0.0896. The number of Topliss-reactive ketones (excluding diaryl/α,β-unsaturated/α-hetero) is 1. The van der Waals surface area contributed by atoms with Crippen molar-refractivity contribution in [2.45, 2.75) is 26.7 Å². The molecule has 100 valence electrons. The first kappa shape index (κ1) is 13.5. The van der Waals surface area contributed by atoms with E-state index in [-0.39, 0.29) is 18.0 Å². The first-order chi connectivity index (χ1) is 8.99. The third-order valence-electron chi connectivity index (χ3n) is 3.10. The molecule has 0 unspecified atom stereocenters. The fourth-order valence-electron chi connectivity index (χ4n) is 2.07. The van der Waals surface area contributed by atoms with Crippen molar-refractivity contribution in [2.75, 3.05) is 0 Å². The van der Waals surface area contributed by atoms with Crippen molar-refractivity contribution < 1.29 is 9.18 Å². The highest BCUT2D eigenvalue weighted by molar-refractivity contribution is 5.97. The van der Waals surface area contributed by atoms with Crippen molar-refractivity contribution in [1.82, 2.24) is 9.78 Å². The SMILES string of the molecule is CCc1cc(CC(=O)c2cc(C)cc(F)c2)n(C)n1. The summed E-state index contributed by atoms with van der Waals surface area (Å²) in [6, 6.07) is 6.33. The van der Waals surface area contributed by atoms with E-state index in [9.17, 15) is 9.18 Å². The largest absolute Gasteiger partial charge is 0.294 e. The number of halogens is 1. The first-order valence-corrected chi connectivity index (χ1v) is 6.31. The van der Waals surface area contributed by atoms with E-state index in [4.69, 9.17) is 0 Å². The van der Waals surface area contributed by atoms with Gasteiger partial charge in [0.05, 0.1) is 12.1 Å². The maximum atomic E-state index is 13.3. The molecule has 0 aliphatic rings. The van der Waals surface area contributed by atoms with Crippen LogP contribution in [-0.4, -0.2) is 15.6 Å². The van der Waals surface area contributed by atoms with Crippen LogP contribution in [0.1, 0.15) is 34.2 Å². The van der Waals surface area contributed by atoms with Crippen LogP contribution in [0.5, 0.6) is 0 Å².